The molecule has 0 fully saturated rings. The van der Waals surface area contributed by atoms with Crippen LogP contribution in [0.4, 0.5) is 11.4 Å². The molecule has 0 aliphatic heterocycles. The van der Waals surface area contributed by atoms with Crippen molar-refractivity contribution in [3.05, 3.63) is 77.6 Å². The van der Waals surface area contributed by atoms with Crippen LogP contribution in [-0.2, 0) is 11.8 Å². The summed E-state index contributed by atoms with van der Waals surface area (Å²) in [5, 5.41) is 3.36. The van der Waals surface area contributed by atoms with E-state index in [1.165, 1.54) is 6.92 Å². The number of nitrogens with one attached hydrogen (secondary N) is 1. The standard InChI is InChI=1S/C22H24N4OS/c1-15(14-16(2)27)23-21-17(3)25(4)26(18-10-6-5-7-11-18)22(21)24-19-12-8-9-13-20(19)28/h5-14,23,28H,1-4H3/b15-14-,24-22?. The van der Waals surface area contributed by atoms with Gasteiger partial charge in [-0.3, -0.25) is 9.48 Å². The maximum atomic E-state index is 11.5. The molecule has 3 rings (SSSR count). The average Bonchev–Trinajstić information content (AvgIpc) is 2.88. The van der Waals surface area contributed by atoms with Gasteiger partial charge in [0.2, 0.25) is 0 Å². The number of rotatable bonds is 5. The van der Waals surface area contributed by atoms with E-state index in [1.54, 1.807) is 6.08 Å². The zero-order valence-corrected chi connectivity index (χ0v) is 17.4. The number of ketones is 1. The van der Waals surface area contributed by atoms with E-state index < -0.39 is 0 Å². The summed E-state index contributed by atoms with van der Waals surface area (Å²) >= 11 is 4.55. The topological polar surface area (TPSA) is 51.3 Å². The minimum absolute atomic E-state index is 0.00582. The number of benzene rings is 2. The molecule has 0 radical (unpaired) electrons. The lowest BCUT2D eigenvalue weighted by Gasteiger charge is -2.09. The molecule has 0 amide bonds. The van der Waals surface area contributed by atoms with Gasteiger partial charge in [-0.05, 0) is 51.1 Å². The van der Waals surface area contributed by atoms with Crippen molar-refractivity contribution in [2.45, 2.75) is 25.7 Å². The molecule has 0 saturated heterocycles. The normalized spacial score (nSPS) is 12.3. The number of carbonyl (C=O) groups is 1. The molecule has 0 unspecified atom stereocenters. The van der Waals surface area contributed by atoms with Crippen molar-refractivity contribution in [1.29, 1.82) is 0 Å². The second-order valence-corrected chi connectivity index (χ2v) is 7.10. The summed E-state index contributed by atoms with van der Waals surface area (Å²) in [6.07, 6.45) is 1.58. The molecular formula is C22H24N4OS. The van der Waals surface area contributed by atoms with Gasteiger partial charge in [0.15, 0.2) is 11.3 Å². The highest BCUT2D eigenvalue weighted by molar-refractivity contribution is 7.80. The van der Waals surface area contributed by atoms with Crippen molar-refractivity contribution in [3.8, 4) is 5.69 Å². The minimum atomic E-state index is -0.00582. The van der Waals surface area contributed by atoms with Gasteiger partial charge in [-0.2, -0.15) is 0 Å². The summed E-state index contributed by atoms with van der Waals surface area (Å²) in [5.41, 5.74) is 5.11. The number of nitrogens with zero attached hydrogens (tertiary/aromatic N) is 3. The molecule has 1 N–H and O–H groups in total. The second-order valence-electron chi connectivity index (χ2n) is 6.62. The molecule has 1 heterocycles. The molecule has 0 spiro atoms. The third-order valence-corrected chi connectivity index (χ3v) is 4.80. The SMILES string of the molecule is CC(=O)/C=C(/C)Nc1c(C)n(C)n(-c2ccccc2)c1=Nc1ccccc1S. The summed E-state index contributed by atoms with van der Waals surface area (Å²) in [7, 11) is 1.99. The Hall–Kier alpha value is -2.99. The molecule has 2 aromatic carbocycles. The number of hydrogen-bond acceptors (Lipinski definition) is 4. The minimum Gasteiger partial charge on any atom is -0.355 e. The van der Waals surface area contributed by atoms with Crippen molar-refractivity contribution in [3.63, 3.8) is 0 Å². The van der Waals surface area contributed by atoms with Crippen molar-refractivity contribution in [2.24, 2.45) is 12.0 Å². The van der Waals surface area contributed by atoms with Crippen LogP contribution in [0, 0.1) is 6.92 Å². The summed E-state index contributed by atoms with van der Waals surface area (Å²) in [4.78, 5) is 17.2. The Morgan fingerprint density at radius 1 is 1.07 bits per heavy atom. The highest BCUT2D eigenvalue weighted by Crippen LogP contribution is 2.23. The van der Waals surface area contributed by atoms with E-state index in [0.29, 0.717) is 0 Å². The third-order valence-electron chi connectivity index (χ3n) is 4.42. The Morgan fingerprint density at radius 2 is 1.71 bits per heavy atom. The van der Waals surface area contributed by atoms with Crippen molar-refractivity contribution < 1.29 is 4.79 Å². The number of para-hydroxylation sites is 2. The average molecular weight is 393 g/mol. The Kier molecular flexibility index (Phi) is 5.90. The van der Waals surface area contributed by atoms with E-state index in [2.05, 4.69) is 17.9 Å². The van der Waals surface area contributed by atoms with Crippen LogP contribution in [0.15, 0.2) is 76.3 Å². The zero-order valence-electron chi connectivity index (χ0n) is 16.5. The zero-order chi connectivity index (χ0) is 20.3. The van der Waals surface area contributed by atoms with E-state index in [-0.39, 0.29) is 5.78 Å². The second kappa shape index (κ2) is 8.35. The van der Waals surface area contributed by atoms with E-state index in [9.17, 15) is 4.79 Å². The van der Waals surface area contributed by atoms with Crippen LogP contribution in [-0.4, -0.2) is 15.1 Å². The van der Waals surface area contributed by atoms with Crippen molar-refractivity contribution in [1.82, 2.24) is 9.36 Å². The van der Waals surface area contributed by atoms with Crippen LogP contribution in [0.3, 0.4) is 0 Å². The predicted octanol–water partition coefficient (Wildman–Crippen LogP) is 4.55. The summed E-state index contributed by atoms with van der Waals surface area (Å²) in [5.74, 6) is -0.00582. The largest absolute Gasteiger partial charge is 0.355 e. The van der Waals surface area contributed by atoms with Gasteiger partial charge in [0.1, 0.15) is 5.69 Å². The number of allylic oxidation sites excluding steroid dienone is 2. The van der Waals surface area contributed by atoms with Gasteiger partial charge < -0.3 is 5.32 Å². The number of anilines is 1. The van der Waals surface area contributed by atoms with Crippen LogP contribution < -0.4 is 10.8 Å². The summed E-state index contributed by atoms with van der Waals surface area (Å²) in [6.45, 7) is 5.43. The molecule has 144 valence electrons. The first-order valence-corrected chi connectivity index (χ1v) is 9.46. The molecule has 0 atom stereocenters. The van der Waals surface area contributed by atoms with Gasteiger partial charge in [0, 0.05) is 17.6 Å². The number of aromatic nitrogens is 2. The molecule has 0 saturated carbocycles. The maximum Gasteiger partial charge on any atom is 0.178 e. The molecular weight excluding hydrogens is 368 g/mol. The van der Waals surface area contributed by atoms with E-state index in [1.807, 2.05) is 84.9 Å². The fourth-order valence-corrected chi connectivity index (χ4v) is 3.26. The van der Waals surface area contributed by atoms with Crippen LogP contribution in [0.5, 0.6) is 0 Å². The molecule has 3 aromatic rings. The Balaban J connectivity index is 2.31. The lowest BCUT2D eigenvalue weighted by Crippen LogP contribution is -2.22. The molecule has 6 heteroatoms. The van der Waals surface area contributed by atoms with E-state index in [0.717, 1.165) is 38.8 Å². The molecule has 0 aliphatic carbocycles. The first-order valence-electron chi connectivity index (χ1n) is 9.01. The van der Waals surface area contributed by atoms with Crippen molar-refractivity contribution >= 4 is 29.8 Å². The van der Waals surface area contributed by atoms with Gasteiger partial charge >= 0.3 is 0 Å². The van der Waals surface area contributed by atoms with Gasteiger partial charge in [-0.15, -0.1) is 12.6 Å². The quantitative estimate of drug-likeness (QED) is 0.494. The van der Waals surface area contributed by atoms with Crippen molar-refractivity contribution in [2.75, 3.05) is 5.32 Å². The fraction of sp³-hybridized carbons (Fsp3) is 0.182. The fourth-order valence-electron chi connectivity index (χ4n) is 3.05. The van der Waals surface area contributed by atoms with Crippen LogP contribution in [0.1, 0.15) is 19.5 Å². The van der Waals surface area contributed by atoms with Gasteiger partial charge in [0.25, 0.3) is 0 Å². The van der Waals surface area contributed by atoms with E-state index in [4.69, 9.17) is 4.99 Å². The summed E-state index contributed by atoms with van der Waals surface area (Å²) < 4.78 is 4.08. The monoisotopic (exact) mass is 392 g/mol. The molecule has 28 heavy (non-hydrogen) atoms. The Labute approximate surface area is 170 Å². The smallest absolute Gasteiger partial charge is 0.178 e. The Bertz CT molecular complexity index is 1110. The van der Waals surface area contributed by atoms with Gasteiger partial charge in [-0.1, -0.05) is 30.3 Å². The first kappa shape index (κ1) is 19.8. The maximum absolute atomic E-state index is 11.5. The number of hydrogen-bond donors (Lipinski definition) is 2. The number of thiol groups is 1. The third kappa shape index (κ3) is 4.12. The molecule has 5 nitrogen and oxygen atoms in total. The van der Waals surface area contributed by atoms with E-state index >= 15 is 0 Å². The van der Waals surface area contributed by atoms with Gasteiger partial charge in [-0.25, -0.2) is 9.67 Å². The number of carbonyl (C=O) groups excluding carboxylic acids is 1. The lowest BCUT2D eigenvalue weighted by atomic mass is 10.3. The predicted molar refractivity (Wildman–Crippen MR) is 116 cm³/mol. The van der Waals surface area contributed by atoms with Gasteiger partial charge in [0.05, 0.1) is 17.1 Å². The van der Waals surface area contributed by atoms with Crippen LogP contribution >= 0.6 is 12.6 Å². The molecule has 0 bridgehead atoms. The highest BCUT2D eigenvalue weighted by Gasteiger charge is 2.15. The summed E-state index contributed by atoms with van der Waals surface area (Å²) in [6, 6.07) is 17.8. The molecule has 0 aliphatic rings. The first-order chi connectivity index (χ1) is 13.4. The van der Waals surface area contributed by atoms with Crippen LogP contribution in [0.2, 0.25) is 0 Å². The Morgan fingerprint density at radius 3 is 2.36 bits per heavy atom. The molecule has 1 aromatic heterocycles. The lowest BCUT2D eigenvalue weighted by molar-refractivity contribution is -0.112. The highest BCUT2D eigenvalue weighted by atomic mass is 32.1. The van der Waals surface area contributed by atoms with Crippen LogP contribution in [0.25, 0.3) is 5.69 Å².